The predicted molar refractivity (Wildman–Crippen MR) is 110 cm³/mol. The first-order valence-electron chi connectivity index (χ1n) is 8.92. The molecule has 24 heavy (non-hydrogen) atoms. The van der Waals surface area contributed by atoms with Crippen molar-refractivity contribution >= 4 is 30.0 Å². The summed E-state index contributed by atoms with van der Waals surface area (Å²) in [4.78, 5) is 15.0. The average molecular weight is 372 g/mol. The van der Waals surface area contributed by atoms with Gasteiger partial charge in [-0.1, -0.05) is 63.4 Å². The van der Waals surface area contributed by atoms with Crippen molar-refractivity contribution in [2.75, 3.05) is 26.4 Å². The fourth-order valence-corrected chi connectivity index (χ4v) is 3.96. The standard InChI is InChI=1S/C20H33NOS.ClH/c1-5-7-9-14-18(16-21(3)4)19(22)15-20(23-6-2)17-12-10-8-11-13-17;/h8,10-13,18,20H,5-7,9,14-16H2,1-4H3;1H. The summed E-state index contributed by atoms with van der Waals surface area (Å²) in [5, 5.41) is 0.296. The summed E-state index contributed by atoms with van der Waals surface area (Å²) in [6, 6.07) is 10.5. The third-order valence-electron chi connectivity index (χ3n) is 4.12. The topological polar surface area (TPSA) is 20.3 Å². The Morgan fingerprint density at radius 2 is 1.79 bits per heavy atom. The summed E-state index contributed by atoms with van der Waals surface area (Å²) in [6.45, 7) is 5.26. The predicted octanol–water partition coefficient (Wildman–Crippen LogP) is 5.62. The van der Waals surface area contributed by atoms with Crippen molar-refractivity contribution in [2.45, 2.75) is 51.2 Å². The van der Waals surface area contributed by atoms with Crippen molar-refractivity contribution in [3.8, 4) is 0 Å². The van der Waals surface area contributed by atoms with Gasteiger partial charge in [0, 0.05) is 24.1 Å². The molecule has 0 heterocycles. The van der Waals surface area contributed by atoms with Gasteiger partial charge in [0.1, 0.15) is 5.78 Å². The van der Waals surface area contributed by atoms with E-state index in [1.165, 1.54) is 18.4 Å². The van der Waals surface area contributed by atoms with Crippen molar-refractivity contribution in [1.82, 2.24) is 4.90 Å². The summed E-state index contributed by atoms with van der Waals surface area (Å²) < 4.78 is 0. The first-order chi connectivity index (χ1) is 11.1. The van der Waals surface area contributed by atoms with Crippen molar-refractivity contribution in [3.05, 3.63) is 35.9 Å². The highest BCUT2D eigenvalue weighted by Crippen LogP contribution is 2.33. The molecule has 0 saturated carbocycles. The van der Waals surface area contributed by atoms with Crippen LogP contribution in [0.15, 0.2) is 30.3 Å². The molecular formula is C20H34ClNOS. The molecule has 1 aromatic carbocycles. The van der Waals surface area contributed by atoms with Gasteiger partial charge in [0.25, 0.3) is 0 Å². The van der Waals surface area contributed by atoms with E-state index in [1.807, 2.05) is 17.8 Å². The molecule has 2 atom stereocenters. The number of carbonyl (C=O) groups excluding carboxylic acids is 1. The maximum absolute atomic E-state index is 12.9. The highest BCUT2D eigenvalue weighted by Gasteiger charge is 2.23. The Balaban J connectivity index is 0.00000529. The van der Waals surface area contributed by atoms with Crippen molar-refractivity contribution in [1.29, 1.82) is 0 Å². The van der Waals surface area contributed by atoms with Crippen LogP contribution >= 0.6 is 24.2 Å². The Hall–Kier alpha value is -0.510. The molecule has 4 heteroatoms. The molecule has 0 bridgehead atoms. The molecule has 0 N–H and O–H groups in total. The third-order valence-corrected chi connectivity index (χ3v) is 5.30. The van der Waals surface area contributed by atoms with Crippen LogP contribution in [0.1, 0.15) is 56.8 Å². The lowest BCUT2D eigenvalue weighted by atomic mass is 9.92. The zero-order valence-electron chi connectivity index (χ0n) is 15.7. The van der Waals surface area contributed by atoms with E-state index in [1.54, 1.807) is 0 Å². The molecule has 0 aliphatic carbocycles. The van der Waals surface area contributed by atoms with E-state index in [9.17, 15) is 4.79 Å². The van der Waals surface area contributed by atoms with E-state index in [4.69, 9.17) is 0 Å². The van der Waals surface area contributed by atoms with Gasteiger partial charge in [0.2, 0.25) is 0 Å². The summed E-state index contributed by atoms with van der Waals surface area (Å²) >= 11 is 1.89. The first-order valence-corrected chi connectivity index (χ1v) is 9.97. The molecule has 0 radical (unpaired) electrons. The molecule has 1 rings (SSSR count). The SMILES string of the molecule is CCCCCC(CN(C)C)C(=O)CC(SCC)c1ccccc1.Cl. The smallest absolute Gasteiger partial charge is 0.138 e. The van der Waals surface area contributed by atoms with Crippen LogP contribution in [0.3, 0.4) is 0 Å². The molecule has 0 aliphatic rings. The van der Waals surface area contributed by atoms with E-state index in [-0.39, 0.29) is 18.3 Å². The zero-order valence-corrected chi connectivity index (χ0v) is 17.3. The van der Waals surface area contributed by atoms with Gasteiger partial charge >= 0.3 is 0 Å². The Morgan fingerprint density at radius 1 is 1.12 bits per heavy atom. The molecule has 0 aromatic heterocycles. The summed E-state index contributed by atoms with van der Waals surface area (Å²) in [7, 11) is 4.13. The third kappa shape index (κ3) is 9.10. The van der Waals surface area contributed by atoms with Crippen LogP contribution in [0.25, 0.3) is 0 Å². The van der Waals surface area contributed by atoms with E-state index in [0.717, 1.165) is 25.1 Å². The van der Waals surface area contributed by atoms with Crippen LogP contribution in [-0.4, -0.2) is 37.1 Å². The number of benzene rings is 1. The largest absolute Gasteiger partial charge is 0.309 e. The van der Waals surface area contributed by atoms with Crippen LogP contribution < -0.4 is 0 Å². The van der Waals surface area contributed by atoms with E-state index >= 15 is 0 Å². The minimum atomic E-state index is 0. The number of hydrogen-bond acceptors (Lipinski definition) is 3. The number of rotatable bonds is 12. The second-order valence-corrected chi connectivity index (χ2v) is 7.96. The number of unbranched alkanes of at least 4 members (excludes halogenated alkanes) is 2. The van der Waals surface area contributed by atoms with Gasteiger partial charge in [-0.25, -0.2) is 0 Å². The Morgan fingerprint density at radius 3 is 2.33 bits per heavy atom. The van der Waals surface area contributed by atoms with Gasteiger partial charge in [-0.2, -0.15) is 11.8 Å². The molecule has 2 nitrogen and oxygen atoms in total. The van der Waals surface area contributed by atoms with Gasteiger partial charge in [-0.05, 0) is 31.8 Å². The number of Topliss-reactive ketones (excluding diaryl/α,β-unsaturated/α-hetero) is 1. The van der Waals surface area contributed by atoms with Crippen LogP contribution in [0.5, 0.6) is 0 Å². The average Bonchev–Trinajstić information content (AvgIpc) is 2.54. The second kappa shape index (κ2) is 13.7. The number of halogens is 1. The zero-order chi connectivity index (χ0) is 17.1. The Bertz CT molecular complexity index is 439. The molecule has 0 fully saturated rings. The Labute approximate surface area is 159 Å². The quantitative estimate of drug-likeness (QED) is 0.445. The fourth-order valence-electron chi connectivity index (χ4n) is 2.93. The lowest BCUT2D eigenvalue weighted by molar-refractivity contribution is -0.123. The number of hydrogen-bond donors (Lipinski definition) is 0. The Kier molecular flexibility index (Phi) is 13.5. The van der Waals surface area contributed by atoms with Gasteiger partial charge in [-0.3, -0.25) is 4.79 Å². The minimum absolute atomic E-state index is 0. The molecule has 2 unspecified atom stereocenters. The number of ketones is 1. The second-order valence-electron chi connectivity index (χ2n) is 6.48. The number of thioether (sulfide) groups is 1. The monoisotopic (exact) mass is 371 g/mol. The van der Waals surface area contributed by atoms with E-state index < -0.39 is 0 Å². The van der Waals surface area contributed by atoms with Gasteiger partial charge in [-0.15, -0.1) is 12.4 Å². The van der Waals surface area contributed by atoms with Gasteiger partial charge < -0.3 is 4.90 Å². The summed E-state index contributed by atoms with van der Waals surface area (Å²) in [5.41, 5.74) is 1.28. The summed E-state index contributed by atoms with van der Waals surface area (Å²) in [6.07, 6.45) is 5.29. The normalized spacial score (nSPS) is 13.4. The summed E-state index contributed by atoms with van der Waals surface area (Å²) in [5.74, 6) is 1.66. The van der Waals surface area contributed by atoms with E-state index in [0.29, 0.717) is 17.5 Å². The lowest BCUT2D eigenvalue weighted by Crippen LogP contribution is -2.28. The van der Waals surface area contributed by atoms with Crippen LogP contribution in [-0.2, 0) is 4.79 Å². The molecule has 138 valence electrons. The maximum Gasteiger partial charge on any atom is 0.138 e. The van der Waals surface area contributed by atoms with Gasteiger partial charge in [0.05, 0.1) is 0 Å². The lowest BCUT2D eigenvalue weighted by Gasteiger charge is -2.23. The van der Waals surface area contributed by atoms with Crippen LogP contribution in [0.4, 0.5) is 0 Å². The fraction of sp³-hybridized carbons (Fsp3) is 0.650. The highest BCUT2D eigenvalue weighted by atomic mass is 35.5. The number of carbonyl (C=O) groups is 1. The molecule has 0 aliphatic heterocycles. The van der Waals surface area contributed by atoms with E-state index in [2.05, 4.69) is 57.1 Å². The molecule has 0 spiro atoms. The molecule has 1 aromatic rings. The van der Waals surface area contributed by atoms with Crippen molar-refractivity contribution in [2.24, 2.45) is 5.92 Å². The first kappa shape index (κ1) is 23.5. The highest BCUT2D eigenvalue weighted by molar-refractivity contribution is 7.99. The molecule has 0 amide bonds. The van der Waals surface area contributed by atoms with Crippen molar-refractivity contribution in [3.63, 3.8) is 0 Å². The van der Waals surface area contributed by atoms with Crippen molar-refractivity contribution < 1.29 is 4.79 Å². The minimum Gasteiger partial charge on any atom is -0.309 e. The van der Waals surface area contributed by atoms with Crippen LogP contribution in [0, 0.1) is 5.92 Å². The molecular weight excluding hydrogens is 338 g/mol. The van der Waals surface area contributed by atoms with Crippen LogP contribution in [0.2, 0.25) is 0 Å². The number of nitrogens with zero attached hydrogens (tertiary/aromatic N) is 1. The maximum atomic E-state index is 12.9. The van der Waals surface area contributed by atoms with Gasteiger partial charge in [0.15, 0.2) is 0 Å². The molecule has 0 saturated heterocycles.